The molecule has 1 saturated carbocycles. The minimum absolute atomic E-state index is 0.0746. The zero-order chi connectivity index (χ0) is 17.8. The fourth-order valence-corrected chi connectivity index (χ4v) is 2.99. The van der Waals surface area contributed by atoms with Crippen LogP contribution in [0.15, 0.2) is 24.7 Å². The average Bonchev–Trinajstić information content (AvgIpc) is 2.57. The van der Waals surface area contributed by atoms with E-state index in [0.717, 1.165) is 36.9 Å². The Hall–Kier alpha value is -2.74. The molecule has 8 heteroatoms. The second-order valence-electron chi connectivity index (χ2n) is 6.40. The van der Waals surface area contributed by atoms with Gasteiger partial charge in [-0.25, -0.2) is 4.98 Å². The minimum atomic E-state index is -0.593. The van der Waals surface area contributed by atoms with Crippen LogP contribution in [0.1, 0.15) is 41.6 Å². The molecule has 8 nitrogen and oxygen atoms in total. The van der Waals surface area contributed by atoms with Crippen molar-refractivity contribution in [1.29, 1.82) is 0 Å². The average molecular weight is 341 g/mol. The van der Waals surface area contributed by atoms with Crippen LogP contribution in [0.2, 0.25) is 0 Å². The van der Waals surface area contributed by atoms with E-state index in [2.05, 4.69) is 25.6 Å². The summed E-state index contributed by atoms with van der Waals surface area (Å²) >= 11 is 0. The first-order valence-electron chi connectivity index (χ1n) is 8.40. The minimum Gasteiger partial charge on any atom is -0.365 e. The van der Waals surface area contributed by atoms with Crippen molar-refractivity contribution in [2.24, 2.45) is 11.5 Å². The second kappa shape index (κ2) is 7.43. The van der Waals surface area contributed by atoms with Crippen molar-refractivity contribution in [3.05, 3.63) is 35.8 Å². The molecule has 2 atom stereocenters. The summed E-state index contributed by atoms with van der Waals surface area (Å²) in [5.41, 5.74) is 13.5. The summed E-state index contributed by atoms with van der Waals surface area (Å²) in [7, 11) is 0. The normalized spacial score (nSPS) is 20.1. The van der Waals surface area contributed by atoms with Crippen LogP contribution in [0.5, 0.6) is 0 Å². The lowest BCUT2D eigenvalue weighted by Crippen LogP contribution is -2.43. The van der Waals surface area contributed by atoms with E-state index < -0.39 is 5.91 Å². The van der Waals surface area contributed by atoms with Gasteiger partial charge in [0.15, 0.2) is 0 Å². The van der Waals surface area contributed by atoms with Crippen molar-refractivity contribution >= 4 is 23.4 Å². The topological polar surface area (TPSA) is 132 Å². The standard InChI is InChI=1S/C17H23N7O/c1-10-6-11(8-20-7-10)22-16-12(15(19)25)9-21-17(24-16)23-14-5-3-2-4-13(14)18/h6-9,13-14H,2-5,18H2,1H3,(H2,19,25)(H2,21,22,23,24)/t13-,14+/m0/s1. The number of nitrogens with two attached hydrogens (primary N) is 2. The quantitative estimate of drug-likeness (QED) is 0.650. The maximum absolute atomic E-state index is 11.7. The maximum Gasteiger partial charge on any atom is 0.254 e. The third-order valence-corrected chi connectivity index (χ3v) is 4.33. The first kappa shape index (κ1) is 17.1. The summed E-state index contributed by atoms with van der Waals surface area (Å²) in [5.74, 6) is 0.182. The van der Waals surface area contributed by atoms with E-state index in [-0.39, 0.29) is 17.6 Å². The number of primary amides is 1. The molecule has 2 aromatic heterocycles. The number of rotatable bonds is 5. The predicted octanol–water partition coefficient (Wildman–Crippen LogP) is 1.70. The van der Waals surface area contributed by atoms with E-state index in [9.17, 15) is 4.79 Å². The van der Waals surface area contributed by atoms with Crippen LogP contribution in [0, 0.1) is 6.92 Å². The number of aryl methyl sites for hydroxylation is 1. The van der Waals surface area contributed by atoms with Gasteiger partial charge in [0.05, 0.1) is 11.9 Å². The summed E-state index contributed by atoms with van der Waals surface area (Å²) in [5, 5.41) is 6.38. The third-order valence-electron chi connectivity index (χ3n) is 4.33. The van der Waals surface area contributed by atoms with Gasteiger partial charge in [-0.05, 0) is 31.4 Å². The smallest absolute Gasteiger partial charge is 0.254 e. The lowest BCUT2D eigenvalue weighted by molar-refractivity contribution is 0.100. The van der Waals surface area contributed by atoms with Crippen LogP contribution < -0.4 is 22.1 Å². The Morgan fingerprint density at radius 2 is 2.04 bits per heavy atom. The molecule has 1 fully saturated rings. The third kappa shape index (κ3) is 4.21. The molecule has 0 unspecified atom stereocenters. The molecule has 132 valence electrons. The molecule has 0 spiro atoms. The fraction of sp³-hybridized carbons (Fsp3) is 0.412. The molecule has 1 aliphatic carbocycles. The largest absolute Gasteiger partial charge is 0.365 e. The number of carbonyl (C=O) groups excluding carboxylic acids is 1. The molecule has 3 rings (SSSR count). The van der Waals surface area contributed by atoms with Gasteiger partial charge in [0.25, 0.3) is 5.91 Å². The van der Waals surface area contributed by atoms with E-state index in [1.807, 2.05) is 13.0 Å². The van der Waals surface area contributed by atoms with Gasteiger partial charge in [0, 0.05) is 24.5 Å². The van der Waals surface area contributed by atoms with Crippen molar-refractivity contribution in [2.75, 3.05) is 10.6 Å². The molecule has 6 N–H and O–H groups in total. The van der Waals surface area contributed by atoms with E-state index in [4.69, 9.17) is 11.5 Å². The molecular formula is C17H23N7O. The van der Waals surface area contributed by atoms with E-state index in [1.165, 1.54) is 6.20 Å². The van der Waals surface area contributed by atoms with Crippen LogP contribution in [0.25, 0.3) is 0 Å². The van der Waals surface area contributed by atoms with Crippen LogP contribution in [0.4, 0.5) is 17.5 Å². The van der Waals surface area contributed by atoms with Gasteiger partial charge >= 0.3 is 0 Å². The Morgan fingerprint density at radius 3 is 2.76 bits per heavy atom. The number of nitrogens with zero attached hydrogens (tertiary/aromatic N) is 3. The second-order valence-corrected chi connectivity index (χ2v) is 6.40. The lowest BCUT2D eigenvalue weighted by atomic mass is 9.91. The number of hydrogen-bond donors (Lipinski definition) is 4. The molecular weight excluding hydrogens is 318 g/mol. The number of amides is 1. The molecule has 2 aromatic rings. The number of anilines is 3. The first-order valence-corrected chi connectivity index (χ1v) is 8.40. The van der Waals surface area contributed by atoms with E-state index in [1.54, 1.807) is 12.4 Å². The zero-order valence-electron chi connectivity index (χ0n) is 14.2. The zero-order valence-corrected chi connectivity index (χ0v) is 14.2. The molecule has 1 aliphatic rings. The van der Waals surface area contributed by atoms with E-state index >= 15 is 0 Å². The number of aromatic nitrogens is 3. The molecule has 1 amide bonds. The van der Waals surface area contributed by atoms with Crippen molar-refractivity contribution < 1.29 is 4.79 Å². The number of nitrogens with one attached hydrogen (secondary N) is 2. The maximum atomic E-state index is 11.7. The van der Waals surface area contributed by atoms with Gasteiger partial charge in [0.1, 0.15) is 11.4 Å². The fourth-order valence-electron chi connectivity index (χ4n) is 2.99. The summed E-state index contributed by atoms with van der Waals surface area (Å²) < 4.78 is 0. The Labute approximate surface area is 146 Å². The number of hydrogen-bond acceptors (Lipinski definition) is 7. The first-order chi connectivity index (χ1) is 12.0. The van der Waals surface area contributed by atoms with Crippen LogP contribution in [-0.4, -0.2) is 32.9 Å². The Kier molecular flexibility index (Phi) is 5.08. The summed E-state index contributed by atoms with van der Waals surface area (Å²) in [6, 6.07) is 2.11. The van der Waals surface area contributed by atoms with Gasteiger partial charge in [-0.15, -0.1) is 0 Å². The van der Waals surface area contributed by atoms with Gasteiger partial charge in [0.2, 0.25) is 5.95 Å². The highest BCUT2D eigenvalue weighted by atomic mass is 16.1. The Bertz CT molecular complexity index is 764. The number of pyridine rings is 1. The van der Waals surface area contributed by atoms with Crippen LogP contribution >= 0.6 is 0 Å². The highest BCUT2D eigenvalue weighted by Gasteiger charge is 2.23. The predicted molar refractivity (Wildman–Crippen MR) is 96.7 cm³/mol. The van der Waals surface area contributed by atoms with Crippen molar-refractivity contribution in [1.82, 2.24) is 15.0 Å². The summed E-state index contributed by atoms with van der Waals surface area (Å²) in [6.07, 6.45) is 9.07. The lowest BCUT2D eigenvalue weighted by Gasteiger charge is -2.29. The van der Waals surface area contributed by atoms with Gasteiger partial charge in [-0.2, -0.15) is 4.98 Å². The number of carbonyl (C=O) groups is 1. The summed E-state index contributed by atoms with van der Waals surface area (Å²) in [4.78, 5) is 24.4. The molecule has 0 saturated heterocycles. The van der Waals surface area contributed by atoms with Crippen molar-refractivity contribution in [3.63, 3.8) is 0 Å². The molecule has 0 bridgehead atoms. The van der Waals surface area contributed by atoms with Gasteiger partial charge in [-0.1, -0.05) is 12.8 Å². The van der Waals surface area contributed by atoms with Crippen molar-refractivity contribution in [2.45, 2.75) is 44.7 Å². The van der Waals surface area contributed by atoms with E-state index in [0.29, 0.717) is 11.8 Å². The summed E-state index contributed by atoms with van der Waals surface area (Å²) in [6.45, 7) is 1.94. The van der Waals surface area contributed by atoms with Crippen molar-refractivity contribution in [3.8, 4) is 0 Å². The molecule has 0 radical (unpaired) electrons. The van der Waals surface area contributed by atoms with Crippen LogP contribution in [-0.2, 0) is 0 Å². The SMILES string of the molecule is Cc1cncc(Nc2nc(N[C@@H]3CCCC[C@@H]3N)ncc2C(N)=O)c1. The molecule has 25 heavy (non-hydrogen) atoms. The Balaban J connectivity index is 1.85. The molecule has 0 aromatic carbocycles. The highest BCUT2D eigenvalue weighted by Crippen LogP contribution is 2.23. The highest BCUT2D eigenvalue weighted by molar-refractivity contribution is 5.98. The van der Waals surface area contributed by atoms with Gasteiger partial charge in [-0.3, -0.25) is 9.78 Å². The Morgan fingerprint density at radius 1 is 1.24 bits per heavy atom. The monoisotopic (exact) mass is 341 g/mol. The molecule has 0 aliphatic heterocycles. The van der Waals surface area contributed by atoms with Gasteiger partial charge < -0.3 is 22.1 Å². The molecule has 2 heterocycles. The van der Waals surface area contributed by atoms with Crippen LogP contribution in [0.3, 0.4) is 0 Å².